The monoisotopic (exact) mass is 319 g/mol. The first-order chi connectivity index (χ1) is 10.5. The summed E-state index contributed by atoms with van der Waals surface area (Å²) in [6, 6.07) is 5.92. The van der Waals surface area contributed by atoms with Gasteiger partial charge in [0.15, 0.2) is 5.17 Å². The van der Waals surface area contributed by atoms with Gasteiger partial charge in [0.2, 0.25) is 11.8 Å². The Morgan fingerprint density at radius 2 is 1.95 bits per heavy atom. The molecule has 0 aromatic heterocycles. The first-order valence-corrected chi connectivity index (χ1v) is 8.34. The zero-order valence-electron chi connectivity index (χ0n) is 13.0. The van der Waals surface area contributed by atoms with Crippen molar-refractivity contribution in [3.8, 4) is 0 Å². The van der Waals surface area contributed by atoms with Crippen molar-refractivity contribution < 1.29 is 9.59 Å². The molecule has 1 aromatic carbocycles. The topological polar surface area (TPSA) is 75.8 Å². The SMILES string of the molecule is Cc1cccc(C)c1N(C(=O)CCC(N)=O)C1=NCCCS1. The van der Waals surface area contributed by atoms with E-state index in [4.69, 9.17) is 5.73 Å². The fourth-order valence-corrected chi connectivity index (χ4v) is 3.37. The van der Waals surface area contributed by atoms with Gasteiger partial charge in [0, 0.05) is 25.1 Å². The highest BCUT2D eigenvalue weighted by molar-refractivity contribution is 8.14. The van der Waals surface area contributed by atoms with E-state index < -0.39 is 5.91 Å². The molecular formula is C16H21N3O2S. The lowest BCUT2D eigenvalue weighted by molar-refractivity contribution is -0.123. The van der Waals surface area contributed by atoms with E-state index in [0.717, 1.165) is 40.7 Å². The van der Waals surface area contributed by atoms with Crippen molar-refractivity contribution in [2.75, 3.05) is 17.2 Å². The molecule has 0 atom stereocenters. The molecule has 0 saturated heterocycles. The van der Waals surface area contributed by atoms with Crippen LogP contribution in [0, 0.1) is 13.8 Å². The van der Waals surface area contributed by atoms with Gasteiger partial charge in [-0.15, -0.1) is 0 Å². The maximum Gasteiger partial charge on any atom is 0.233 e. The third-order valence-corrected chi connectivity index (χ3v) is 4.53. The molecule has 22 heavy (non-hydrogen) atoms. The number of carbonyl (C=O) groups is 2. The van der Waals surface area contributed by atoms with Crippen LogP contribution in [0.25, 0.3) is 0 Å². The van der Waals surface area contributed by atoms with Gasteiger partial charge < -0.3 is 5.73 Å². The first kappa shape index (κ1) is 16.5. The predicted molar refractivity (Wildman–Crippen MR) is 91.2 cm³/mol. The number of para-hydroxylation sites is 1. The van der Waals surface area contributed by atoms with Gasteiger partial charge >= 0.3 is 0 Å². The number of primary amides is 1. The predicted octanol–water partition coefficient (Wildman–Crippen LogP) is 2.39. The van der Waals surface area contributed by atoms with Crippen LogP contribution in [0.15, 0.2) is 23.2 Å². The Morgan fingerprint density at radius 1 is 1.27 bits per heavy atom. The molecule has 0 saturated carbocycles. The molecule has 0 unspecified atom stereocenters. The highest BCUT2D eigenvalue weighted by atomic mass is 32.2. The zero-order chi connectivity index (χ0) is 16.1. The second kappa shape index (κ2) is 7.45. The molecule has 0 aliphatic carbocycles. The van der Waals surface area contributed by atoms with E-state index in [0.29, 0.717) is 0 Å². The van der Waals surface area contributed by atoms with Crippen LogP contribution >= 0.6 is 11.8 Å². The van der Waals surface area contributed by atoms with Crippen LogP contribution in [0.1, 0.15) is 30.4 Å². The summed E-state index contributed by atoms with van der Waals surface area (Å²) in [6.07, 6.45) is 1.17. The van der Waals surface area contributed by atoms with E-state index in [1.807, 2.05) is 32.0 Å². The number of benzene rings is 1. The average Bonchev–Trinajstić information content (AvgIpc) is 2.49. The van der Waals surface area contributed by atoms with Crippen LogP contribution in [0.4, 0.5) is 5.69 Å². The maximum atomic E-state index is 12.7. The van der Waals surface area contributed by atoms with E-state index in [9.17, 15) is 9.59 Å². The lowest BCUT2D eigenvalue weighted by atomic mass is 10.1. The van der Waals surface area contributed by atoms with Gasteiger partial charge in [-0.1, -0.05) is 30.0 Å². The summed E-state index contributed by atoms with van der Waals surface area (Å²) in [5.74, 6) is 0.348. The molecule has 1 aromatic rings. The average molecular weight is 319 g/mol. The Morgan fingerprint density at radius 3 is 2.50 bits per heavy atom. The Labute approximate surface area is 135 Å². The summed E-state index contributed by atoms with van der Waals surface area (Å²) in [4.78, 5) is 29.8. The summed E-state index contributed by atoms with van der Waals surface area (Å²) in [6.45, 7) is 4.68. The molecule has 6 heteroatoms. The van der Waals surface area contributed by atoms with Crippen molar-refractivity contribution in [2.24, 2.45) is 10.7 Å². The minimum atomic E-state index is -0.465. The fourth-order valence-electron chi connectivity index (χ4n) is 2.41. The van der Waals surface area contributed by atoms with Crippen LogP contribution in [0.5, 0.6) is 0 Å². The zero-order valence-corrected chi connectivity index (χ0v) is 13.8. The van der Waals surface area contributed by atoms with Gasteiger partial charge in [0.1, 0.15) is 0 Å². The number of hydrogen-bond donors (Lipinski definition) is 1. The van der Waals surface area contributed by atoms with Crippen molar-refractivity contribution in [3.63, 3.8) is 0 Å². The van der Waals surface area contributed by atoms with Gasteiger partial charge in [-0.25, -0.2) is 0 Å². The summed E-state index contributed by atoms with van der Waals surface area (Å²) in [5.41, 5.74) is 8.07. The number of amidine groups is 1. The summed E-state index contributed by atoms with van der Waals surface area (Å²) in [5, 5.41) is 0.720. The summed E-state index contributed by atoms with van der Waals surface area (Å²) >= 11 is 1.59. The first-order valence-electron chi connectivity index (χ1n) is 7.35. The minimum Gasteiger partial charge on any atom is -0.370 e. The van der Waals surface area contributed by atoms with Crippen LogP contribution in [0.2, 0.25) is 0 Å². The number of nitrogens with zero attached hydrogens (tertiary/aromatic N) is 2. The molecule has 118 valence electrons. The van der Waals surface area contributed by atoms with Gasteiger partial charge in [0.05, 0.1) is 5.69 Å². The van der Waals surface area contributed by atoms with Gasteiger partial charge in [0.25, 0.3) is 0 Å². The van der Waals surface area contributed by atoms with E-state index in [-0.39, 0.29) is 18.7 Å². The number of carbonyl (C=O) groups excluding carboxylic acids is 2. The molecule has 1 heterocycles. The molecule has 2 N–H and O–H groups in total. The van der Waals surface area contributed by atoms with Crippen molar-refractivity contribution in [2.45, 2.75) is 33.1 Å². The number of anilines is 1. The highest BCUT2D eigenvalue weighted by Gasteiger charge is 2.26. The Bertz CT molecular complexity index is 593. The molecule has 0 spiro atoms. The molecule has 2 amide bonds. The Kier molecular flexibility index (Phi) is 5.60. The van der Waals surface area contributed by atoms with Gasteiger partial charge in [-0.3, -0.25) is 19.5 Å². The minimum absolute atomic E-state index is 0.0538. The second-order valence-electron chi connectivity index (χ2n) is 5.30. The number of amides is 2. The third-order valence-electron chi connectivity index (χ3n) is 3.47. The number of thioether (sulfide) groups is 1. The fraction of sp³-hybridized carbons (Fsp3) is 0.438. The van der Waals surface area contributed by atoms with E-state index in [1.54, 1.807) is 16.7 Å². The largest absolute Gasteiger partial charge is 0.370 e. The molecule has 2 rings (SSSR count). The third kappa shape index (κ3) is 3.88. The van der Waals surface area contributed by atoms with Gasteiger partial charge in [-0.05, 0) is 31.4 Å². The van der Waals surface area contributed by atoms with Gasteiger partial charge in [-0.2, -0.15) is 0 Å². The van der Waals surface area contributed by atoms with Crippen molar-refractivity contribution in [1.82, 2.24) is 0 Å². The molecule has 1 aliphatic heterocycles. The molecule has 0 bridgehead atoms. The summed E-state index contributed by atoms with van der Waals surface area (Å²) < 4.78 is 0. The normalized spacial score (nSPS) is 14.4. The maximum absolute atomic E-state index is 12.7. The molecule has 0 radical (unpaired) electrons. The van der Waals surface area contributed by atoms with Crippen molar-refractivity contribution in [3.05, 3.63) is 29.3 Å². The standard InChI is InChI=1S/C16H21N3O2S/c1-11-5-3-6-12(2)15(11)19(14(21)8-7-13(17)20)16-18-9-4-10-22-16/h3,5-6H,4,7-10H2,1-2H3,(H2,17,20). The summed E-state index contributed by atoms with van der Waals surface area (Å²) in [7, 11) is 0. The Hall–Kier alpha value is -1.82. The van der Waals surface area contributed by atoms with Crippen LogP contribution < -0.4 is 10.6 Å². The van der Waals surface area contributed by atoms with E-state index in [2.05, 4.69) is 4.99 Å². The number of aliphatic imine (C=N–C) groups is 1. The highest BCUT2D eigenvalue weighted by Crippen LogP contribution is 2.29. The second-order valence-corrected chi connectivity index (χ2v) is 6.36. The molecule has 5 nitrogen and oxygen atoms in total. The van der Waals surface area contributed by atoms with E-state index in [1.165, 1.54) is 0 Å². The smallest absolute Gasteiger partial charge is 0.233 e. The number of aryl methyl sites for hydroxylation is 2. The van der Waals surface area contributed by atoms with Crippen LogP contribution in [-0.4, -0.2) is 29.3 Å². The quantitative estimate of drug-likeness (QED) is 0.926. The number of hydrogen-bond acceptors (Lipinski definition) is 4. The lowest BCUT2D eigenvalue weighted by Crippen LogP contribution is -2.38. The molecular weight excluding hydrogens is 298 g/mol. The lowest BCUT2D eigenvalue weighted by Gasteiger charge is -2.28. The number of nitrogens with two attached hydrogens (primary N) is 1. The Balaban J connectivity index is 2.39. The van der Waals surface area contributed by atoms with Crippen LogP contribution in [0.3, 0.4) is 0 Å². The van der Waals surface area contributed by atoms with Crippen molar-refractivity contribution in [1.29, 1.82) is 0 Å². The van der Waals surface area contributed by atoms with Crippen molar-refractivity contribution >= 4 is 34.4 Å². The van der Waals surface area contributed by atoms with E-state index >= 15 is 0 Å². The van der Waals surface area contributed by atoms with Crippen LogP contribution in [-0.2, 0) is 9.59 Å². The molecule has 1 aliphatic rings. The number of rotatable bonds is 4. The molecule has 0 fully saturated rings.